The summed E-state index contributed by atoms with van der Waals surface area (Å²) in [5.74, 6) is 0. The average Bonchev–Trinajstić information content (AvgIpc) is 3.62. The van der Waals surface area contributed by atoms with Crippen LogP contribution in [-0.4, -0.2) is 89.9 Å². The molecule has 2 unspecified atom stereocenters. The molecule has 3 aliphatic heterocycles. The predicted octanol–water partition coefficient (Wildman–Crippen LogP) is 5.60. The fraction of sp³-hybridized carbons (Fsp3) is 0.436. The van der Waals surface area contributed by atoms with Crippen LogP contribution in [0.4, 0.5) is 0 Å². The number of benzene rings is 3. The predicted molar refractivity (Wildman–Crippen MR) is 201 cm³/mol. The van der Waals surface area contributed by atoms with E-state index in [0.29, 0.717) is 50.1 Å². The van der Waals surface area contributed by atoms with E-state index in [-0.39, 0.29) is 6.61 Å². The number of halogens is 1. The van der Waals surface area contributed by atoms with Gasteiger partial charge in [-0.1, -0.05) is 78.9 Å². The minimum Gasteiger partial charge on any atom is -0.368 e. The summed E-state index contributed by atoms with van der Waals surface area (Å²) in [6.45, 7) is 2.68. The van der Waals surface area contributed by atoms with Gasteiger partial charge in [0.25, 0.3) is 5.56 Å². The topological polar surface area (TPSA) is 106 Å². The standard InChI is InChI=1S/C39H47ClN5O5P/c1-30-27-44(37(47)42-36(30)46)35-18-10-9-17-34(35)39(31-13-5-3-6-14-31,32-15-7-4-8-16-32)38(28-41-21-26-49-38)29-50-51(40,48)43-22-19-33(20-23-43)45(2)24-11-12-25-45/h3-10,13-18,27,33,41H,11-12,19-26,28-29H2,1-2H3/p+1. The monoisotopic (exact) mass is 732 g/mol. The number of likely N-dealkylation sites (tertiary alicyclic amines) is 1. The lowest BCUT2D eigenvalue weighted by Gasteiger charge is -2.53. The van der Waals surface area contributed by atoms with E-state index in [0.717, 1.165) is 34.0 Å². The van der Waals surface area contributed by atoms with Crippen LogP contribution in [0.25, 0.3) is 5.69 Å². The fourth-order valence-corrected chi connectivity index (χ4v) is 10.7. The molecule has 10 nitrogen and oxygen atoms in total. The second kappa shape index (κ2) is 14.6. The number of nitrogens with zero attached hydrogens (tertiary/aromatic N) is 3. The Kier molecular flexibility index (Phi) is 10.3. The SMILES string of the molecule is Cc1cn(-c2ccccc2C(c2ccccc2)(c2ccccc2)C2(COP(=O)(Cl)N3CCC([N+]4(C)CCCC4)CC3)CNCCO2)c(=O)[nH]c1=O. The number of hydrogen-bond acceptors (Lipinski definition) is 6. The van der Waals surface area contributed by atoms with Crippen molar-refractivity contribution in [1.29, 1.82) is 0 Å². The third kappa shape index (κ3) is 6.61. The molecular weight excluding hydrogens is 685 g/mol. The second-order valence-corrected chi connectivity index (χ2v) is 17.5. The van der Waals surface area contributed by atoms with Gasteiger partial charge in [0.05, 0.1) is 50.5 Å². The Hall–Kier alpha value is -3.34. The highest BCUT2D eigenvalue weighted by Gasteiger charge is 2.59. The van der Waals surface area contributed by atoms with Crippen LogP contribution in [0.3, 0.4) is 0 Å². The van der Waals surface area contributed by atoms with E-state index in [1.807, 2.05) is 65.3 Å². The summed E-state index contributed by atoms with van der Waals surface area (Å²) in [5.41, 5.74) is 0.151. The van der Waals surface area contributed by atoms with Gasteiger partial charge in [-0.05, 0) is 40.9 Å². The zero-order valence-corrected chi connectivity index (χ0v) is 31.1. The van der Waals surface area contributed by atoms with Gasteiger partial charge in [-0.15, -0.1) is 0 Å². The molecule has 2 atom stereocenters. The Morgan fingerprint density at radius 1 is 0.961 bits per heavy atom. The Balaban J connectivity index is 1.37. The van der Waals surface area contributed by atoms with E-state index >= 15 is 0 Å². The molecule has 0 saturated carbocycles. The van der Waals surface area contributed by atoms with Crippen LogP contribution in [-0.2, 0) is 19.2 Å². The zero-order valence-electron chi connectivity index (χ0n) is 29.4. The van der Waals surface area contributed by atoms with Crippen LogP contribution in [0, 0.1) is 6.92 Å². The summed E-state index contributed by atoms with van der Waals surface area (Å²) in [6.07, 6.45) is 5.92. The Morgan fingerprint density at radius 2 is 1.57 bits per heavy atom. The van der Waals surface area contributed by atoms with Gasteiger partial charge in [-0.2, -0.15) is 0 Å². The van der Waals surface area contributed by atoms with Crippen molar-refractivity contribution in [3.8, 4) is 5.69 Å². The van der Waals surface area contributed by atoms with E-state index in [9.17, 15) is 14.2 Å². The summed E-state index contributed by atoms with van der Waals surface area (Å²) in [4.78, 5) is 28.5. The lowest BCUT2D eigenvalue weighted by Crippen LogP contribution is -2.66. The third-order valence-corrected chi connectivity index (χ3v) is 14.0. The highest BCUT2D eigenvalue weighted by molar-refractivity contribution is 7.83. The molecule has 4 heterocycles. The number of aryl methyl sites for hydroxylation is 1. The van der Waals surface area contributed by atoms with Gasteiger partial charge >= 0.3 is 12.6 Å². The van der Waals surface area contributed by atoms with Crippen LogP contribution >= 0.6 is 18.1 Å². The summed E-state index contributed by atoms with van der Waals surface area (Å²) < 4.78 is 32.4. The number of aromatic amines is 1. The molecule has 51 heavy (non-hydrogen) atoms. The van der Waals surface area contributed by atoms with Gasteiger partial charge in [0.2, 0.25) is 0 Å². The number of nitrogens with one attached hydrogen (secondary N) is 2. The molecule has 7 rings (SSSR count). The Labute approximate surface area is 304 Å². The molecule has 2 N–H and O–H groups in total. The molecule has 3 aliphatic rings. The quantitative estimate of drug-likeness (QED) is 0.124. The summed E-state index contributed by atoms with van der Waals surface area (Å²) in [5, 5.41) is 3.56. The Morgan fingerprint density at radius 3 is 2.18 bits per heavy atom. The van der Waals surface area contributed by atoms with Gasteiger partial charge in [0.1, 0.15) is 5.60 Å². The largest absolute Gasteiger partial charge is 0.368 e. The number of H-pyrrole nitrogens is 1. The lowest BCUT2D eigenvalue weighted by atomic mass is 9.58. The number of rotatable bonds is 10. The molecule has 3 fully saturated rings. The molecule has 0 spiro atoms. The minimum absolute atomic E-state index is 0.105. The fourth-order valence-electron chi connectivity index (χ4n) is 8.88. The molecule has 3 aromatic carbocycles. The van der Waals surface area contributed by atoms with Crippen LogP contribution < -0.4 is 16.6 Å². The van der Waals surface area contributed by atoms with E-state index in [1.165, 1.54) is 30.5 Å². The number of aromatic nitrogens is 2. The molecule has 0 amide bonds. The minimum atomic E-state index is -3.80. The van der Waals surface area contributed by atoms with Crippen molar-refractivity contribution >= 4 is 18.1 Å². The molecule has 0 aliphatic carbocycles. The molecule has 0 bridgehead atoms. The van der Waals surface area contributed by atoms with Crippen molar-refractivity contribution in [2.24, 2.45) is 0 Å². The molecule has 3 saturated heterocycles. The van der Waals surface area contributed by atoms with E-state index in [1.54, 1.807) is 13.1 Å². The van der Waals surface area contributed by atoms with Crippen molar-refractivity contribution < 1.29 is 18.3 Å². The second-order valence-electron chi connectivity index (χ2n) is 14.5. The first-order chi connectivity index (χ1) is 24.6. The highest BCUT2D eigenvalue weighted by Crippen LogP contribution is 2.60. The number of hydrogen-bond donors (Lipinski definition) is 2. The van der Waals surface area contributed by atoms with E-state index in [4.69, 9.17) is 20.5 Å². The molecule has 12 heteroatoms. The molecule has 0 radical (unpaired) electrons. The average molecular weight is 733 g/mol. The molecule has 4 aromatic rings. The summed E-state index contributed by atoms with van der Waals surface area (Å²) in [6, 6.07) is 28.3. The van der Waals surface area contributed by atoms with Crippen molar-refractivity contribution in [2.45, 2.75) is 49.7 Å². The lowest BCUT2D eigenvalue weighted by molar-refractivity contribution is -0.923. The zero-order chi connectivity index (χ0) is 35.7. The van der Waals surface area contributed by atoms with Gasteiger partial charge in [0, 0.05) is 63.6 Å². The van der Waals surface area contributed by atoms with E-state index < -0.39 is 29.1 Å². The number of quaternary nitrogens is 1. The number of piperidine rings is 1. The molecule has 1 aromatic heterocycles. The highest BCUT2D eigenvalue weighted by atomic mass is 35.7. The number of ether oxygens (including phenoxy) is 1. The summed E-state index contributed by atoms with van der Waals surface area (Å²) in [7, 11) is 2.36. The van der Waals surface area contributed by atoms with Crippen LogP contribution in [0.2, 0.25) is 0 Å². The first kappa shape index (κ1) is 36.0. The van der Waals surface area contributed by atoms with Gasteiger partial charge < -0.3 is 19.1 Å². The maximum absolute atomic E-state index is 14.5. The van der Waals surface area contributed by atoms with Gasteiger partial charge in [-0.25, -0.2) is 9.46 Å². The van der Waals surface area contributed by atoms with Crippen molar-refractivity contribution in [2.75, 3.05) is 59.5 Å². The van der Waals surface area contributed by atoms with Crippen molar-refractivity contribution in [3.05, 3.63) is 134 Å². The first-order valence-corrected chi connectivity index (χ1v) is 20.5. The first-order valence-electron chi connectivity index (χ1n) is 18.0. The summed E-state index contributed by atoms with van der Waals surface area (Å²) >= 11 is 7.01. The van der Waals surface area contributed by atoms with Crippen LogP contribution in [0.1, 0.15) is 47.9 Å². The number of para-hydroxylation sites is 1. The third-order valence-electron chi connectivity index (χ3n) is 11.6. The van der Waals surface area contributed by atoms with Gasteiger partial charge in [-0.3, -0.25) is 18.9 Å². The molecular formula is C39H48ClN5O5P+. The normalized spacial score (nSPS) is 22.8. The smallest absolute Gasteiger partial charge is 0.363 e. The van der Waals surface area contributed by atoms with E-state index in [2.05, 4.69) is 41.6 Å². The maximum atomic E-state index is 14.5. The van der Waals surface area contributed by atoms with Crippen LogP contribution in [0.5, 0.6) is 0 Å². The maximum Gasteiger partial charge on any atom is 0.363 e. The van der Waals surface area contributed by atoms with Crippen molar-refractivity contribution in [1.82, 2.24) is 19.5 Å². The van der Waals surface area contributed by atoms with Crippen LogP contribution in [0.15, 0.2) is 101 Å². The van der Waals surface area contributed by atoms with Crippen molar-refractivity contribution in [3.63, 3.8) is 0 Å². The number of morpholine rings is 1. The Bertz CT molecular complexity index is 1940. The molecule has 270 valence electrons. The van der Waals surface area contributed by atoms with Gasteiger partial charge in [0.15, 0.2) is 0 Å².